The Morgan fingerprint density at radius 2 is 1.91 bits per heavy atom. The SMILES string of the molecule is Cc1ccc(Nc2cc(C3CC3)nc(NC3CC3)n2)c(Cl)c1. The maximum atomic E-state index is 6.31. The number of nitrogens with zero attached hydrogens (tertiary/aromatic N) is 2. The van der Waals surface area contributed by atoms with Gasteiger partial charge < -0.3 is 10.6 Å². The molecule has 1 heterocycles. The van der Waals surface area contributed by atoms with Crippen LogP contribution in [-0.4, -0.2) is 16.0 Å². The minimum absolute atomic E-state index is 0.547. The second-order valence-corrected chi connectivity index (χ2v) is 6.71. The second-order valence-electron chi connectivity index (χ2n) is 6.30. The molecule has 114 valence electrons. The van der Waals surface area contributed by atoms with E-state index in [1.807, 2.05) is 31.2 Å². The molecule has 2 N–H and O–H groups in total. The molecule has 1 aromatic carbocycles. The van der Waals surface area contributed by atoms with Crippen LogP contribution in [0.4, 0.5) is 17.5 Å². The lowest BCUT2D eigenvalue weighted by molar-refractivity contribution is 0.968. The van der Waals surface area contributed by atoms with Crippen molar-refractivity contribution in [2.75, 3.05) is 10.6 Å². The van der Waals surface area contributed by atoms with Crippen molar-refractivity contribution in [1.82, 2.24) is 9.97 Å². The number of aromatic nitrogens is 2. The first-order valence-electron chi connectivity index (χ1n) is 7.86. The van der Waals surface area contributed by atoms with E-state index in [1.165, 1.54) is 25.7 Å². The Morgan fingerprint density at radius 1 is 1.09 bits per heavy atom. The minimum Gasteiger partial charge on any atom is -0.351 e. The summed E-state index contributed by atoms with van der Waals surface area (Å²) in [6.07, 6.45) is 4.88. The van der Waals surface area contributed by atoms with E-state index in [4.69, 9.17) is 11.6 Å². The summed E-state index contributed by atoms with van der Waals surface area (Å²) >= 11 is 6.31. The molecule has 2 saturated carbocycles. The molecule has 0 radical (unpaired) electrons. The Bertz CT molecular complexity index is 708. The van der Waals surface area contributed by atoms with Crippen LogP contribution >= 0.6 is 11.6 Å². The summed E-state index contributed by atoms with van der Waals surface area (Å²) in [6, 6.07) is 8.58. The Labute approximate surface area is 135 Å². The first kappa shape index (κ1) is 13.8. The fourth-order valence-electron chi connectivity index (χ4n) is 2.45. The van der Waals surface area contributed by atoms with Crippen LogP contribution in [0.25, 0.3) is 0 Å². The molecule has 0 spiro atoms. The maximum Gasteiger partial charge on any atom is 0.225 e. The van der Waals surface area contributed by atoms with Gasteiger partial charge in [0.15, 0.2) is 0 Å². The topological polar surface area (TPSA) is 49.8 Å². The van der Waals surface area contributed by atoms with E-state index >= 15 is 0 Å². The van der Waals surface area contributed by atoms with Gasteiger partial charge in [-0.3, -0.25) is 0 Å². The van der Waals surface area contributed by atoms with Gasteiger partial charge in [-0.05, 0) is 50.3 Å². The van der Waals surface area contributed by atoms with Crippen molar-refractivity contribution in [2.45, 2.75) is 44.6 Å². The zero-order valence-electron chi connectivity index (χ0n) is 12.6. The third-order valence-corrected chi connectivity index (χ3v) is 4.35. The van der Waals surface area contributed by atoms with Crippen LogP contribution in [0, 0.1) is 6.92 Å². The number of rotatable bonds is 5. The van der Waals surface area contributed by atoms with E-state index in [9.17, 15) is 0 Å². The molecule has 4 nitrogen and oxygen atoms in total. The molecule has 4 rings (SSSR count). The van der Waals surface area contributed by atoms with Gasteiger partial charge in [-0.15, -0.1) is 0 Å². The molecule has 5 heteroatoms. The fourth-order valence-corrected chi connectivity index (χ4v) is 2.73. The highest BCUT2D eigenvalue weighted by molar-refractivity contribution is 6.33. The highest BCUT2D eigenvalue weighted by atomic mass is 35.5. The minimum atomic E-state index is 0.547. The van der Waals surface area contributed by atoms with Crippen molar-refractivity contribution in [3.63, 3.8) is 0 Å². The maximum absolute atomic E-state index is 6.31. The summed E-state index contributed by atoms with van der Waals surface area (Å²) in [4.78, 5) is 9.25. The van der Waals surface area contributed by atoms with Gasteiger partial charge in [0.05, 0.1) is 16.4 Å². The van der Waals surface area contributed by atoms with Crippen LogP contribution in [-0.2, 0) is 0 Å². The largest absolute Gasteiger partial charge is 0.351 e. The van der Waals surface area contributed by atoms with Gasteiger partial charge in [0.25, 0.3) is 0 Å². The van der Waals surface area contributed by atoms with Gasteiger partial charge in [-0.2, -0.15) is 4.98 Å². The van der Waals surface area contributed by atoms with E-state index in [-0.39, 0.29) is 0 Å². The summed E-state index contributed by atoms with van der Waals surface area (Å²) in [5, 5.41) is 7.44. The molecule has 2 aromatic rings. The highest BCUT2D eigenvalue weighted by Crippen LogP contribution is 2.40. The van der Waals surface area contributed by atoms with E-state index in [0.717, 1.165) is 28.7 Å². The lowest BCUT2D eigenvalue weighted by Crippen LogP contribution is -2.08. The summed E-state index contributed by atoms with van der Waals surface area (Å²) in [5.41, 5.74) is 3.15. The second kappa shape index (κ2) is 5.43. The number of anilines is 3. The van der Waals surface area contributed by atoms with E-state index < -0.39 is 0 Å². The smallest absolute Gasteiger partial charge is 0.225 e. The molecule has 0 aliphatic heterocycles. The van der Waals surface area contributed by atoms with Crippen molar-refractivity contribution >= 4 is 29.1 Å². The number of halogens is 1. The highest BCUT2D eigenvalue weighted by Gasteiger charge is 2.28. The molecule has 0 unspecified atom stereocenters. The van der Waals surface area contributed by atoms with Gasteiger partial charge >= 0.3 is 0 Å². The zero-order valence-corrected chi connectivity index (χ0v) is 13.3. The van der Waals surface area contributed by atoms with Gasteiger partial charge in [-0.25, -0.2) is 4.98 Å². The number of nitrogens with one attached hydrogen (secondary N) is 2. The fraction of sp³-hybridized carbons (Fsp3) is 0.412. The van der Waals surface area contributed by atoms with E-state index in [2.05, 4.69) is 20.6 Å². The van der Waals surface area contributed by atoms with Crippen molar-refractivity contribution < 1.29 is 0 Å². The molecular weight excluding hydrogens is 296 g/mol. The number of hydrogen-bond acceptors (Lipinski definition) is 4. The number of aryl methyl sites for hydroxylation is 1. The average Bonchev–Trinajstić information content (AvgIpc) is 3.35. The molecule has 2 fully saturated rings. The third kappa shape index (κ3) is 3.17. The van der Waals surface area contributed by atoms with Crippen molar-refractivity contribution in [3.05, 3.63) is 40.5 Å². The van der Waals surface area contributed by atoms with Gasteiger partial charge in [0.2, 0.25) is 5.95 Å². The molecule has 0 atom stereocenters. The van der Waals surface area contributed by atoms with Crippen LogP contribution in [0.15, 0.2) is 24.3 Å². The molecule has 1 aromatic heterocycles. The monoisotopic (exact) mass is 314 g/mol. The van der Waals surface area contributed by atoms with Crippen molar-refractivity contribution in [3.8, 4) is 0 Å². The van der Waals surface area contributed by atoms with E-state index in [0.29, 0.717) is 17.0 Å². The van der Waals surface area contributed by atoms with Crippen LogP contribution in [0.1, 0.15) is 42.9 Å². The van der Waals surface area contributed by atoms with Gasteiger partial charge in [-0.1, -0.05) is 17.7 Å². The van der Waals surface area contributed by atoms with Gasteiger partial charge in [0.1, 0.15) is 5.82 Å². The van der Waals surface area contributed by atoms with Crippen molar-refractivity contribution in [1.29, 1.82) is 0 Å². The molecule has 0 amide bonds. The average molecular weight is 315 g/mol. The van der Waals surface area contributed by atoms with Crippen LogP contribution < -0.4 is 10.6 Å². The lowest BCUT2D eigenvalue weighted by Gasteiger charge is -2.12. The van der Waals surface area contributed by atoms with Crippen LogP contribution in [0.2, 0.25) is 5.02 Å². The summed E-state index contributed by atoms with van der Waals surface area (Å²) in [6.45, 7) is 2.03. The zero-order chi connectivity index (χ0) is 15.1. The first-order chi connectivity index (χ1) is 10.7. The molecule has 0 bridgehead atoms. The normalized spacial score (nSPS) is 17.4. The Kier molecular flexibility index (Phi) is 3.41. The standard InChI is InChI=1S/C17H19ClN4/c1-10-2-7-14(13(18)8-10)20-16-9-15(11-3-4-11)21-17(22-16)19-12-5-6-12/h2,7-9,11-12H,3-6H2,1H3,(H2,19,20,21,22). The molecule has 2 aliphatic rings. The van der Waals surface area contributed by atoms with Crippen molar-refractivity contribution in [2.24, 2.45) is 0 Å². The Morgan fingerprint density at radius 3 is 2.59 bits per heavy atom. The van der Waals surface area contributed by atoms with Gasteiger partial charge in [0, 0.05) is 18.0 Å². The predicted octanol–water partition coefficient (Wildman–Crippen LogP) is 4.63. The summed E-state index contributed by atoms with van der Waals surface area (Å²) in [7, 11) is 0. The molecule has 0 saturated heterocycles. The third-order valence-electron chi connectivity index (χ3n) is 4.04. The Hall–Kier alpha value is -1.81. The molecular formula is C17H19ClN4. The number of hydrogen-bond donors (Lipinski definition) is 2. The van der Waals surface area contributed by atoms with Crippen LogP contribution in [0.3, 0.4) is 0 Å². The molecule has 22 heavy (non-hydrogen) atoms. The predicted molar refractivity (Wildman–Crippen MR) is 90.1 cm³/mol. The molecule has 2 aliphatic carbocycles. The lowest BCUT2D eigenvalue weighted by atomic mass is 10.2. The van der Waals surface area contributed by atoms with Crippen LogP contribution in [0.5, 0.6) is 0 Å². The summed E-state index contributed by atoms with van der Waals surface area (Å²) in [5.74, 6) is 2.14. The quantitative estimate of drug-likeness (QED) is 0.844. The number of benzene rings is 1. The Balaban J connectivity index is 1.62. The first-order valence-corrected chi connectivity index (χ1v) is 8.24. The van der Waals surface area contributed by atoms with E-state index in [1.54, 1.807) is 0 Å². The summed E-state index contributed by atoms with van der Waals surface area (Å²) < 4.78 is 0.